The summed E-state index contributed by atoms with van der Waals surface area (Å²) in [7, 11) is 0. The molecular formula is C16H15NO5. The molecule has 2 rings (SSSR count). The summed E-state index contributed by atoms with van der Waals surface area (Å²) in [6, 6.07) is 10.7. The Balaban J connectivity index is 2.07. The SMILES string of the molecule is O=C(O)CCc1ccc(NC(=O)c2c(O)cccc2O)cc1. The van der Waals surface area contributed by atoms with Crippen molar-refractivity contribution in [2.45, 2.75) is 12.8 Å². The standard InChI is InChI=1S/C16H15NO5/c18-12-2-1-3-13(19)15(12)16(22)17-11-7-4-10(5-8-11)6-9-14(20)21/h1-5,7-8,18-19H,6,9H2,(H,17,22)(H,20,21). The highest BCUT2D eigenvalue weighted by atomic mass is 16.4. The molecule has 0 aliphatic carbocycles. The minimum absolute atomic E-state index is 0.0392. The number of aryl methyl sites for hydroxylation is 1. The second kappa shape index (κ2) is 6.62. The molecule has 0 saturated carbocycles. The van der Waals surface area contributed by atoms with Gasteiger partial charge in [0.05, 0.1) is 0 Å². The molecule has 0 bridgehead atoms. The van der Waals surface area contributed by atoms with Crippen LogP contribution in [0.15, 0.2) is 42.5 Å². The van der Waals surface area contributed by atoms with Gasteiger partial charge >= 0.3 is 5.97 Å². The van der Waals surface area contributed by atoms with Crippen molar-refractivity contribution in [3.8, 4) is 11.5 Å². The average Bonchev–Trinajstić information content (AvgIpc) is 2.46. The number of nitrogens with one attached hydrogen (secondary N) is 1. The number of amides is 1. The van der Waals surface area contributed by atoms with Crippen molar-refractivity contribution >= 4 is 17.6 Å². The lowest BCUT2D eigenvalue weighted by Gasteiger charge is -2.09. The zero-order valence-electron chi connectivity index (χ0n) is 11.6. The third-order valence-corrected chi connectivity index (χ3v) is 3.09. The second-order valence-corrected chi connectivity index (χ2v) is 4.72. The Bertz CT molecular complexity index is 674. The molecule has 0 saturated heterocycles. The van der Waals surface area contributed by atoms with Crippen LogP contribution in [0, 0.1) is 0 Å². The number of phenolic OH excluding ortho intramolecular Hbond substituents is 2. The number of hydrogen-bond donors (Lipinski definition) is 4. The fourth-order valence-electron chi connectivity index (χ4n) is 1.96. The van der Waals surface area contributed by atoms with Gasteiger partial charge in [0, 0.05) is 12.1 Å². The largest absolute Gasteiger partial charge is 0.507 e. The maximum atomic E-state index is 12.0. The molecule has 22 heavy (non-hydrogen) atoms. The van der Waals surface area contributed by atoms with Gasteiger partial charge < -0.3 is 20.6 Å². The minimum Gasteiger partial charge on any atom is -0.507 e. The maximum Gasteiger partial charge on any atom is 0.303 e. The number of aliphatic carboxylic acids is 1. The van der Waals surface area contributed by atoms with E-state index in [2.05, 4.69) is 5.32 Å². The molecule has 0 spiro atoms. The Kier molecular flexibility index (Phi) is 4.63. The van der Waals surface area contributed by atoms with Crippen molar-refractivity contribution in [3.63, 3.8) is 0 Å². The van der Waals surface area contributed by atoms with E-state index in [9.17, 15) is 19.8 Å². The Labute approximate surface area is 126 Å². The summed E-state index contributed by atoms with van der Waals surface area (Å²) in [5, 5.41) is 30.4. The van der Waals surface area contributed by atoms with Crippen molar-refractivity contribution < 1.29 is 24.9 Å². The Morgan fingerprint density at radius 3 is 2.09 bits per heavy atom. The number of rotatable bonds is 5. The molecule has 0 aromatic heterocycles. The van der Waals surface area contributed by atoms with E-state index in [1.54, 1.807) is 24.3 Å². The predicted octanol–water partition coefficient (Wildman–Crippen LogP) is 2.37. The highest BCUT2D eigenvalue weighted by molar-refractivity contribution is 6.08. The molecule has 0 atom stereocenters. The molecule has 0 unspecified atom stereocenters. The fraction of sp³-hybridized carbons (Fsp3) is 0.125. The van der Waals surface area contributed by atoms with Gasteiger partial charge in [0.1, 0.15) is 17.1 Å². The molecule has 6 nitrogen and oxygen atoms in total. The van der Waals surface area contributed by atoms with E-state index >= 15 is 0 Å². The van der Waals surface area contributed by atoms with Crippen molar-refractivity contribution in [2.24, 2.45) is 0 Å². The summed E-state index contributed by atoms with van der Waals surface area (Å²) < 4.78 is 0. The summed E-state index contributed by atoms with van der Waals surface area (Å²) >= 11 is 0. The number of carbonyl (C=O) groups excluding carboxylic acids is 1. The van der Waals surface area contributed by atoms with Crippen LogP contribution in [0.1, 0.15) is 22.3 Å². The van der Waals surface area contributed by atoms with Crippen LogP contribution < -0.4 is 5.32 Å². The third-order valence-electron chi connectivity index (χ3n) is 3.09. The van der Waals surface area contributed by atoms with Gasteiger partial charge in [0.15, 0.2) is 0 Å². The van der Waals surface area contributed by atoms with Crippen LogP contribution >= 0.6 is 0 Å². The van der Waals surface area contributed by atoms with Gasteiger partial charge in [-0.25, -0.2) is 0 Å². The normalized spacial score (nSPS) is 10.2. The van der Waals surface area contributed by atoms with Crippen LogP contribution in [0.4, 0.5) is 5.69 Å². The summed E-state index contributed by atoms with van der Waals surface area (Å²) in [6.45, 7) is 0. The van der Waals surface area contributed by atoms with Gasteiger partial charge in [-0.15, -0.1) is 0 Å². The van der Waals surface area contributed by atoms with E-state index in [0.717, 1.165) is 5.56 Å². The smallest absolute Gasteiger partial charge is 0.303 e. The van der Waals surface area contributed by atoms with E-state index in [1.807, 2.05) is 0 Å². The molecule has 6 heteroatoms. The van der Waals surface area contributed by atoms with E-state index in [0.29, 0.717) is 12.1 Å². The van der Waals surface area contributed by atoms with Crippen LogP contribution in [-0.2, 0) is 11.2 Å². The van der Waals surface area contributed by atoms with Gasteiger partial charge in [0.2, 0.25) is 0 Å². The van der Waals surface area contributed by atoms with Crippen LogP contribution in [0.2, 0.25) is 0 Å². The first-order chi connectivity index (χ1) is 10.5. The Morgan fingerprint density at radius 2 is 1.55 bits per heavy atom. The monoisotopic (exact) mass is 301 g/mol. The molecular weight excluding hydrogens is 286 g/mol. The first-order valence-corrected chi connectivity index (χ1v) is 6.60. The van der Waals surface area contributed by atoms with Gasteiger partial charge in [-0.1, -0.05) is 18.2 Å². The van der Waals surface area contributed by atoms with E-state index in [-0.39, 0.29) is 23.5 Å². The molecule has 1 amide bonds. The van der Waals surface area contributed by atoms with Crippen molar-refractivity contribution in [1.82, 2.24) is 0 Å². The van der Waals surface area contributed by atoms with Gasteiger partial charge in [-0.3, -0.25) is 9.59 Å². The van der Waals surface area contributed by atoms with Crippen LogP contribution in [0.5, 0.6) is 11.5 Å². The van der Waals surface area contributed by atoms with Crippen LogP contribution in [0.3, 0.4) is 0 Å². The van der Waals surface area contributed by atoms with Crippen molar-refractivity contribution in [2.75, 3.05) is 5.32 Å². The first kappa shape index (κ1) is 15.4. The lowest BCUT2D eigenvalue weighted by atomic mass is 10.1. The lowest BCUT2D eigenvalue weighted by Crippen LogP contribution is -2.12. The van der Waals surface area contributed by atoms with Crippen molar-refractivity contribution in [3.05, 3.63) is 53.6 Å². The molecule has 4 N–H and O–H groups in total. The molecule has 0 aliphatic rings. The van der Waals surface area contributed by atoms with Gasteiger partial charge in [0.25, 0.3) is 5.91 Å². The number of carboxylic acids is 1. The number of carboxylic acid groups (broad SMARTS) is 1. The molecule has 2 aromatic carbocycles. The molecule has 0 aliphatic heterocycles. The van der Waals surface area contributed by atoms with Crippen molar-refractivity contribution in [1.29, 1.82) is 0 Å². The van der Waals surface area contributed by atoms with E-state index in [1.165, 1.54) is 18.2 Å². The zero-order chi connectivity index (χ0) is 16.1. The number of hydrogen-bond acceptors (Lipinski definition) is 4. The molecule has 0 heterocycles. The van der Waals surface area contributed by atoms with E-state index in [4.69, 9.17) is 5.11 Å². The number of benzene rings is 2. The topological polar surface area (TPSA) is 107 Å². The summed E-state index contributed by atoms with van der Waals surface area (Å²) in [5.74, 6) is -2.12. The number of phenols is 2. The Hall–Kier alpha value is -3.02. The molecule has 2 aromatic rings. The number of aromatic hydroxyl groups is 2. The highest BCUT2D eigenvalue weighted by Gasteiger charge is 2.16. The maximum absolute atomic E-state index is 12.0. The lowest BCUT2D eigenvalue weighted by molar-refractivity contribution is -0.136. The zero-order valence-corrected chi connectivity index (χ0v) is 11.6. The third kappa shape index (κ3) is 3.76. The fourth-order valence-corrected chi connectivity index (χ4v) is 1.96. The highest BCUT2D eigenvalue weighted by Crippen LogP contribution is 2.27. The first-order valence-electron chi connectivity index (χ1n) is 6.60. The Morgan fingerprint density at radius 1 is 0.955 bits per heavy atom. The van der Waals surface area contributed by atoms with Gasteiger partial charge in [-0.05, 0) is 36.2 Å². The molecule has 114 valence electrons. The van der Waals surface area contributed by atoms with Crippen LogP contribution in [-0.4, -0.2) is 27.2 Å². The van der Waals surface area contributed by atoms with E-state index < -0.39 is 11.9 Å². The number of carbonyl (C=O) groups is 2. The average molecular weight is 301 g/mol. The molecule has 0 radical (unpaired) electrons. The predicted molar refractivity (Wildman–Crippen MR) is 80.1 cm³/mol. The summed E-state index contributed by atoms with van der Waals surface area (Å²) in [6.07, 6.45) is 0.446. The summed E-state index contributed by atoms with van der Waals surface area (Å²) in [4.78, 5) is 22.5. The second-order valence-electron chi connectivity index (χ2n) is 4.72. The summed E-state index contributed by atoms with van der Waals surface area (Å²) in [5.41, 5.74) is 1.12. The minimum atomic E-state index is -0.868. The quantitative estimate of drug-likeness (QED) is 0.678. The number of anilines is 1. The molecule has 0 fully saturated rings. The van der Waals surface area contributed by atoms with Crippen LogP contribution in [0.25, 0.3) is 0 Å². The van der Waals surface area contributed by atoms with Gasteiger partial charge in [-0.2, -0.15) is 0 Å².